The van der Waals surface area contributed by atoms with Crippen molar-refractivity contribution in [1.29, 1.82) is 0 Å². The number of aliphatic hydroxyl groups is 3. The van der Waals surface area contributed by atoms with E-state index in [2.05, 4.69) is 0 Å². The molecule has 2 saturated heterocycles. The highest BCUT2D eigenvalue weighted by Gasteiger charge is 2.44. The van der Waals surface area contributed by atoms with Gasteiger partial charge in [0.2, 0.25) is 0 Å². The molecule has 12 heteroatoms. The van der Waals surface area contributed by atoms with Crippen molar-refractivity contribution >= 4 is 11.8 Å². The number of esters is 1. The van der Waals surface area contributed by atoms with Crippen molar-refractivity contribution in [1.82, 2.24) is 4.90 Å². The number of cyclic esters (lactones) is 1. The Bertz CT molecular complexity index is 1110. The zero-order chi connectivity index (χ0) is 35.7. The molecule has 0 saturated carbocycles. The molecule has 0 aromatic rings. The van der Waals surface area contributed by atoms with Crippen LogP contribution in [0.2, 0.25) is 0 Å². The maximum Gasteiger partial charge on any atom is 0.330 e. The first kappa shape index (κ1) is 40.4. The summed E-state index contributed by atoms with van der Waals surface area (Å²) in [6.45, 7) is 11.4. The Hall–Kier alpha value is -2.00. The summed E-state index contributed by atoms with van der Waals surface area (Å²) in [5.41, 5.74) is 0. The van der Waals surface area contributed by atoms with E-state index in [1.807, 2.05) is 59.7 Å². The van der Waals surface area contributed by atoms with E-state index in [1.165, 1.54) is 19.3 Å². The second-order valence-corrected chi connectivity index (χ2v) is 13.9. The number of hydrogen-bond acceptors (Lipinski definition) is 12. The minimum atomic E-state index is -1.21. The lowest BCUT2D eigenvalue weighted by Crippen LogP contribution is -2.58. The Morgan fingerprint density at radius 2 is 1.58 bits per heavy atom. The molecule has 0 aliphatic carbocycles. The van der Waals surface area contributed by atoms with Crippen LogP contribution in [0.1, 0.15) is 60.8 Å². The van der Waals surface area contributed by atoms with E-state index in [4.69, 9.17) is 28.4 Å². The Morgan fingerprint density at radius 3 is 2.23 bits per heavy atom. The Morgan fingerprint density at radius 1 is 0.875 bits per heavy atom. The molecule has 3 N–H and O–H groups in total. The summed E-state index contributed by atoms with van der Waals surface area (Å²) >= 11 is 0. The number of rotatable bonds is 8. The smallest absolute Gasteiger partial charge is 0.330 e. The average molecular weight is 682 g/mol. The predicted octanol–water partition coefficient (Wildman–Crippen LogP) is 2.78. The maximum atomic E-state index is 13.2. The lowest BCUT2D eigenvalue weighted by atomic mass is 9.84. The van der Waals surface area contributed by atoms with Crippen LogP contribution < -0.4 is 0 Å². The predicted molar refractivity (Wildman–Crippen MR) is 179 cm³/mol. The summed E-state index contributed by atoms with van der Waals surface area (Å²) in [6, 6.07) is -0.146. The lowest BCUT2D eigenvalue weighted by Gasteiger charge is -2.43. The van der Waals surface area contributed by atoms with Crippen LogP contribution in [0.3, 0.4) is 0 Å². The molecule has 0 radical (unpaired) electrons. The quantitative estimate of drug-likeness (QED) is 0.323. The minimum Gasteiger partial charge on any atom is -0.459 e. The molecule has 0 aromatic heterocycles. The van der Waals surface area contributed by atoms with Gasteiger partial charge in [-0.2, -0.15) is 0 Å². The first-order valence-corrected chi connectivity index (χ1v) is 17.3. The molecule has 3 aliphatic rings. The van der Waals surface area contributed by atoms with Crippen molar-refractivity contribution in [3.63, 3.8) is 0 Å². The van der Waals surface area contributed by atoms with Crippen molar-refractivity contribution in [2.45, 2.75) is 128 Å². The highest BCUT2D eigenvalue weighted by molar-refractivity contribution is 5.91. The molecular weight excluding hydrogens is 622 g/mol. The van der Waals surface area contributed by atoms with Crippen LogP contribution in [-0.4, -0.2) is 127 Å². The molecule has 15 atom stereocenters. The van der Waals surface area contributed by atoms with Gasteiger partial charge < -0.3 is 48.6 Å². The van der Waals surface area contributed by atoms with Crippen LogP contribution >= 0.6 is 0 Å². The van der Waals surface area contributed by atoms with Gasteiger partial charge in [0.05, 0.1) is 24.9 Å². The molecule has 48 heavy (non-hydrogen) atoms. The fourth-order valence-electron chi connectivity index (χ4n) is 6.80. The van der Waals surface area contributed by atoms with Gasteiger partial charge in [-0.1, -0.05) is 52.0 Å². The standard InChI is InChI=1S/C36H59NO11/c1-10-28-25(19-44-36-34(43-9)32(42)30(40)24(6)46-36)13-11-12-14-27(38)21(3)17-22(4)33(20(2)15-16-29(39)47-28)48-35-31(41)26(37(7)8)18-23(5)45-35/h11-16,20-26,28,30-36,40-42H,10,17-19H2,1-9H3/b13-11-,14-12-,16-15-/t20-,21+,22-,23+,24+,25+,26-,28+,30+,31+,32+,33+,34+,35-,36+/m0/s1. The van der Waals surface area contributed by atoms with Crippen LogP contribution in [0.25, 0.3) is 0 Å². The second kappa shape index (κ2) is 18.8. The number of nitrogens with zero attached hydrogens (tertiary/aromatic N) is 1. The summed E-state index contributed by atoms with van der Waals surface area (Å²) in [5.74, 6) is -1.73. The Labute approximate surface area is 286 Å². The van der Waals surface area contributed by atoms with E-state index in [0.29, 0.717) is 19.3 Å². The van der Waals surface area contributed by atoms with Crippen LogP contribution in [0.15, 0.2) is 36.5 Å². The average Bonchev–Trinajstić information content (AvgIpc) is 3.04. The van der Waals surface area contributed by atoms with E-state index in [1.54, 1.807) is 25.2 Å². The van der Waals surface area contributed by atoms with E-state index in [9.17, 15) is 24.9 Å². The van der Waals surface area contributed by atoms with Gasteiger partial charge >= 0.3 is 5.97 Å². The van der Waals surface area contributed by atoms with Gasteiger partial charge in [-0.3, -0.25) is 4.79 Å². The van der Waals surface area contributed by atoms with E-state index in [0.717, 1.165) is 0 Å². The van der Waals surface area contributed by atoms with Gasteiger partial charge in [0, 0.05) is 37.0 Å². The van der Waals surface area contributed by atoms with Crippen molar-refractivity contribution in [2.24, 2.45) is 23.7 Å². The number of methoxy groups -OCH3 is 1. The molecule has 0 amide bonds. The van der Waals surface area contributed by atoms with Crippen molar-refractivity contribution in [2.75, 3.05) is 27.8 Å². The number of ether oxygens (including phenoxy) is 6. The van der Waals surface area contributed by atoms with E-state index >= 15 is 0 Å². The molecule has 274 valence electrons. The fraction of sp³-hybridized carbons (Fsp3) is 0.778. The molecule has 3 aliphatic heterocycles. The van der Waals surface area contributed by atoms with Crippen molar-refractivity contribution in [3.8, 4) is 0 Å². The number of carbonyl (C=O) groups is 2. The Kier molecular flexibility index (Phi) is 15.9. The first-order chi connectivity index (χ1) is 22.7. The minimum absolute atomic E-state index is 0.0397. The molecule has 3 rings (SSSR count). The first-order valence-electron chi connectivity index (χ1n) is 17.3. The molecule has 0 aromatic carbocycles. The summed E-state index contributed by atoms with van der Waals surface area (Å²) in [5, 5.41) is 31.9. The van der Waals surface area contributed by atoms with Crippen molar-refractivity contribution < 1.29 is 53.3 Å². The van der Waals surface area contributed by atoms with Crippen LogP contribution in [-0.2, 0) is 38.0 Å². The number of hydrogen-bond donors (Lipinski definition) is 3. The van der Waals surface area contributed by atoms with Gasteiger partial charge in [-0.25, -0.2) is 4.79 Å². The monoisotopic (exact) mass is 681 g/mol. The lowest BCUT2D eigenvalue weighted by molar-refractivity contribution is -0.300. The number of carbonyl (C=O) groups excluding carboxylic acids is 2. The summed E-state index contributed by atoms with van der Waals surface area (Å²) in [7, 11) is 5.24. The summed E-state index contributed by atoms with van der Waals surface area (Å²) < 4.78 is 35.7. The number of ketones is 1. The van der Waals surface area contributed by atoms with E-state index < -0.39 is 67.2 Å². The third kappa shape index (κ3) is 10.7. The summed E-state index contributed by atoms with van der Waals surface area (Å²) in [4.78, 5) is 28.3. The van der Waals surface area contributed by atoms with Crippen molar-refractivity contribution in [3.05, 3.63) is 36.5 Å². The normalized spacial score (nSPS) is 44.2. The van der Waals surface area contributed by atoms with Gasteiger partial charge in [0.1, 0.15) is 30.5 Å². The zero-order valence-electron chi connectivity index (χ0n) is 30.0. The topological polar surface area (TPSA) is 153 Å². The third-order valence-electron chi connectivity index (χ3n) is 9.78. The maximum absolute atomic E-state index is 13.2. The molecule has 0 unspecified atom stereocenters. The third-order valence-corrected chi connectivity index (χ3v) is 9.78. The van der Waals surface area contributed by atoms with Crippen LogP contribution in [0.5, 0.6) is 0 Å². The van der Waals surface area contributed by atoms with Gasteiger partial charge in [-0.15, -0.1) is 0 Å². The number of allylic oxidation sites excluding steroid dienone is 3. The summed E-state index contributed by atoms with van der Waals surface area (Å²) in [6.07, 6.45) is 3.67. The SMILES string of the molecule is CC[C@H]1OC(=O)/C=C\[C@H](C)[C@@H](O[C@@H]2O[C@H](C)C[C@H](N(C)C)[C@H]2O)[C@@H](C)C[C@@H](C)C(=O)/C=C\C=C/[C@@H]1CO[C@@H]1O[C@H](C)[C@@H](O)[C@@H](O)[C@H]1OC. The number of aliphatic hydroxyl groups excluding tert-OH is 3. The molecule has 3 heterocycles. The van der Waals surface area contributed by atoms with Crippen LogP contribution in [0, 0.1) is 23.7 Å². The Balaban J connectivity index is 1.85. The second-order valence-electron chi connectivity index (χ2n) is 13.9. The molecule has 0 spiro atoms. The highest BCUT2D eigenvalue weighted by Crippen LogP contribution is 2.32. The molecule has 2 fully saturated rings. The van der Waals surface area contributed by atoms with Crippen LogP contribution in [0.4, 0.5) is 0 Å². The zero-order valence-corrected chi connectivity index (χ0v) is 30.0. The van der Waals surface area contributed by atoms with E-state index in [-0.39, 0.29) is 42.3 Å². The number of likely N-dealkylation sites (N-methyl/N-ethyl adjacent to an activating group) is 1. The fourth-order valence-corrected chi connectivity index (χ4v) is 6.80. The largest absolute Gasteiger partial charge is 0.459 e. The highest BCUT2D eigenvalue weighted by atomic mass is 16.7. The molecule has 0 bridgehead atoms. The molecular formula is C36H59NO11. The van der Waals surface area contributed by atoms with Gasteiger partial charge in [0.15, 0.2) is 18.4 Å². The molecule has 12 nitrogen and oxygen atoms in total. The van der Waals surface area contributed by atoms with Gasteiger partial charge in [0.25, 0.3) is 0 Å². The van der Waals surface area contributed by atoms with Gasteiger partial charge in [-0.05, 0) is 59.2 Å².